The summed E-state index contributed by atoms with van der Waals surface area (Å²) in [5.74, 6) is -0.994. The molecule has 0 saturated heterocycles. The Morgan fingerprint density at radius 2 is 1.50 bits per heavy atom. The number of hydrogen-bond donors (Lipinski definition) is 0. The van der Waals surface area contributed by atoms with E-state index in [0.29, 0.717) is 23.5 Å². The molecule has 0 spiro atoms. The molecule has 4 nitrogen and oxygen atoms in total. The van der Waals surface area contributed by atoms with Gasteiger partial charge in [0.15, 0.2) is 5.76 Å². The molecule has 3 aromatic rings. The van der Waals surface area contributed by atoms with E-state index in [4.69, 9.17) is 9.26 Å². The number of benzene rings is 2. The van der Waals surface area contributed by atoms with E-state index in [1.165, 1.54) is 6.07 Å². The molecular weight excluding hydrogens is 416 g/mol. The van der Waals surface area contributed by atoms with Gasteiger partial charge in [0.1, 0.15) is 12.3 Å². The molecule has 0 fully saturated rings. The normalized spacial score (nSPS) is 12.1. The molecule has 1 aromatic heterocycles. The Kier molecular flexibility index (Phi) is 5.60. The van der Waals surface area contributed by atoms with E-state index in [1.807, 2.05) is 19.1 Å². The van der Waals surface area contributed by atoms with Crippen molar-refractivity contribution in [2.75, 3.05) is 0 Å². The summed E-state index contributed by atoms with van der Waals surface area (Å²) in [7, 11) is 0. The highest BCUT2D eigenvalue weighted by Crippen LogP contribution is 2.36. The van der Waals surface area contributed by atoms with Gasteiger partial charge in [-0.3, -0.25) is 0 Å². The van der Waals surface area contributed by atoms with E-state index in [1.54, 1.807) is 12.1 Å². The summed E-state index contributed by atoms with van der Waals surface area (Å²) in [6.07, 6.45) is -10.1. The highest BCUT2D eigenvalue weighted by Gasteiger charge is 2.37. The summed E-state index contributed by atoms with van der Waals surface area (Å²) >= 11 is 0. The van der Waals surface area contributed by atoms with Crippen LogP contribution in [0.1, 0.15) is 32.7 Å². The Morgan fingerprint density at radius 1 is 0.933 bits per heavy atom. The fourth-order valence-electron chi connectivity index (χ4n) is 2.53. The first-order valence-electron chi connectivity index (χ1n) is 8.43. The van der Waals surface area contributed by atoms with Gasteiger partial charge in [-0.2, -0.15) is 26.3 Å². The van der Waals surface area contributed by atoms with Gasteiger partial charge in [-0.05, 0) is 25.1 Å². The number of nitrogens with zero attached hydrogens (tertiary/aromatic N) is 1. The zero-order chi connectivity index (χ0) is 22.1. The van der Waals surface area contributed by atoms with Gasteiger partial charge in [0.2, 0.25) is 0 Å². The fraction of sp³-hybridized carbons (Fsp3) is 0.200. The fourth-order valence-corrected chi connectivity index (χ4v) is 2.53. The highest BCUT2D eigenvalue weighted by atomic mass is 19.4. The second-order valence-electron chi connectivity index (χ2n) is 6.42. The monoisotopic (exact) mass is 429 g/mol. The minimum absolute atomic E-state index is 0.0672. The predicted octanol–water partition coefficient (Wildman–Crippen LogP) is 6.04. The molecule has 158 valence electrons. The average molecular weight is 429 g/mol. The van der Waals surface area contributed by atoms with Crippen molar-refractivity contribution in [2.24, 2.45) is 0 Å². The summed E-state index contributed by atoms with van der Waals surface area (Å²) in [6.45, 7) is 1.40. The number of hydrogen-bond acceptors (Lipinski definition) is 4. The number of esters is 1. The Balaban J connectivity index is 1.77. The number of carbonyl (C=O) groups is 1. The molecule has 3 rings (SSSR count). The summed E-state index contributed by atoms with van der Waals surface area (Å²) in [5.41, 5.74) is -2.23. The van der Waals surface area contributed by atoms with Crippen LogP contribution in [0.3, 0.4) is 0 Å². The smallest absolute Gasteiger partial charge is 0.416 e. The third kappa shape index (κ3) is 5.00. The largest absolute Gasteiger partial charge is 0.455 e. The van der Waals surface area contributed by atoms with Crippen molar-refractivity contribution in [3.8, 4) is 11.3 Å². The molecule has 0 aliphatic heterocycles. The number of carbonyl (C=O) groups excluding carboxylic acids is 1. The Hall–Kier alpha value is -3.30. The maximum atomic E-state index is 12.9. The highest BCUT2D eigenvalue weighted by molar-refractivity contribution is 5.90. The molecule has 0 amide bonds. The van der Waals surface area contributed by atoms with Crippen LogP contribution in [-0.2, 0) is 23.7 Å². The average Bonchev–Trinajstić information content (AvgIpc) is 3.14. The molecular formula is C20H13F6NO3. The first-order valence-corrected chi connectivity index (χ1v) is 8.43. The van der Waals surface area contributed by atoms with E-state index < -0.39 is 41.6 Å². The van der Waals surface area contributed by atoms with Gasteiger partial charge >= 0.3 is 18.3 Å². The predicted molar refractivity (Wildman–Crippen MR) is 92.2 cm³/mol. The molecule has 0 atom stereocenters. The first-order chi connectivity index (χ1) is 13.9. The van der Waals surface area contributed by atoms with E-state index in [-0.39, 0.29) is 11.8 Å². The van der Waals surface area contributed by atoms with Gasteiger partial charge in [-0.15, -0.1) is 0 Å². The van der Waals surface area contributed by atoms with Gasteiger partial charge in [0.25, 0.3) is 0 Å². The van der Waals surface area contributed by atoms with Crippen LogP contribution >= 0.6 is 0 Å². The lowest BCUT2D eigenvalue weighted by Gasteiger charge is -2.13. The molecule has 2 aromatic carbocycles. The summed E-state index contributed by atoms with van der Waals surface area (Å²) in [4.78, 5) is 12.1. The van der Waals surface area contributed by atoms with Crippen LogP contribution in [0.2, 0.25) is 0 Å². The number of halogens is 6. The number of alkyl halides is 6. The standard InChI is InChI=1S/C20H13F6NO3/c1-11-2-4-12(5-3-11)17-9-16(27-30-17)10-29-18(28)13-6-14(19(21,22)23)8-15(7-13)20(24,25)26/h2-9H,10H2,1H3. The van der Waals surface area contributed by atoms with Crippen molar-refractivity contribution in [1.82, 2.24) is 5.16 Å². The molecule has 0 saturated carbocycles. The van der Waals surface area contributed by atoms with Crippen molar-refractivity contribution in [3.05, 3.63) is 76.5 Å². The van der Waals surface area contributed by atoms with Gasteiger partial charge in [0.05, 0.1) is 16.7 Å². The van der Waals surface area contributed by atoms with E-state index >= 15 is 0 Å². The van der Waals surface area contributed by atoms with Crippen LogP contribution in [0, 0.1) is 6.92 Å². The maximum absolute atomic E-state index is 12.9. The zero-order valence-corrected chi connectivity index (χ0v) is 15.3. The minimum atomic E-state index is -5.06. The van der Waals surface area contributed by atoms with Crippen LogP contribution in [0.25, 0.3) is 11.3 Å². The SMILES string of the molecule is Cc1ccc(-c2cc(COC(=O)c3cc(C(F)(F)F)cc(C(F)(F)F)c3)no2)cc1. The minimum Gasteiger partial charge on any atom is -0.455 e. The van der Waals surface area contributed by atoms with Crippen molar-refractivity contribution in [1.29, 1.82) is 0 Å². The molecule has 0 unspecified atom stereocenters. The lowest BCUT2D eigenvalue weighted by Crippen LogP contribution is -2.14. The molecule has 0 N–H and O–H groups in total. The summed E-state index contributed by atoms with van der Waals surface area (Å²) < 4.78 is 87.3. The van der Waals surface area contributed by atoms with Gasteiger partial charge in [0, 0.05) is 11.6 Å². The summed E-state index contributed by atoms with van der Waals surface area (Å²) in [6, 6.07) is 9.20. The molecule has 0 radical (unpaired) electrons. The van der Waals surface area contributed by atoms with Gasteiger partial charge in [-0.25, -0.2) is 4.79 Å². The van der Waals surface area contributed by atoms with Gasteiger partial charge < -0.3 is 9.26 Å². The van der Waals surface area contributed by atoms with Crippen molar-refractivity contribution >= 4 is 5.97 Å². The number of ether oxygens (including phenoxy) is 1. The molecule has 1 heterocycles. The Labute approximate surface area is 166 Å². The number of rotatable bonds is 4. The van der Waals surface area contributed by atoms with Crippen molar-refractivity contribution in [3.63, 3.8) is 0 Å². The Morgan fingerprint density at radius 3 is 2.03 bits per heavy atom. The summed E-state index contributed by atoms with van der Waals surface area (Å²) in [5, 5.41) is 3.68. The Bertz CT molecular complexity index is 1020. The third-order valence-corrected chi connectivity index (χ3v) is 4.07. The lowest BCUT2D eigenvalue weighted by atomic mass is 10.0. The molecule has 10 heteroatoms. The zero-order valence-electron chi connectivity index (χ0n) is 15.3. The molecule has 30 heavy (non-hydrogen) atoms. The van der Waals surface area contributed by atoms with E-state index in [2.05, 4.69) is 5.16 Å². The van der Waals surface area contributed by atoms with Crippen molar-refractivity contribution in [2.45, 2.75) is 25.9 Å². The quantitative estimate of drug-likeness (QED) is 0.375. The van der Waals surface area contributed by atoms with Crippen LogP contribution in [0.15, 0.2) is 53.1 Å². The van der Waals surface area contributed by atoms with E-state index in [0.717, 1.165) is 5.56 Å². The number of aryl methyl sites for hydroxylation is 1. The topological polar surface area (TPSA) is 52.3 Å². The lowest BCUT2D eigenvalue weighted by molar-refractivity contribution is -0.143. The van der Waals surface area contributed by atoms with Crippen molar-refractivity contribution < 1.29 is 40.4 Å². The molecule has 0 aliphatic carbocycles. The number of aromatic nitrogens is 1. The first kappa shape index (κ1) is 21.4. The van der Waals surface area contributed by atoms with Crippen LogP contribution in [-0.4, -0.2) is 11.1 Å². The third-order valence-electron chi connectivity index (χ3n) is 4.07. The second-order valence-corrected chi connectivity index (χ2v) is 6.42. The van der Waals surface area contributed by atoms with Crippen LogP contribution in [0.5, 0.6) is 0 Å². The van der Waals surface area contributed by atoms with E-state index in [9.17, 15) is 31.1 Å². The van der Waals surface area contributed by atoms with Gasteiger partial charge in [-0.1, -0.05) is 35.0 Å². The maximum Gasteiger partial charge on any atom is 0.416 e. The van der Waals surface area contributed by atoms with Crippen LogP contribution in [0.4, 0.5) is 26.3 Å². The molecule has 0 aliphatic rings. The molecule has 0 bridgehead atoms. The second kappa shape index (κ2) is 7.85. The van der Waals surface area contributed by atoms with Crippen LogP contribution < -0.4 is 0 Å².